The van der Waals surface area contributed by atoms with E-state index in [0.29, 0.717) is 11.7 Å². The Morgan fingerprint density at radius 2 is 2.17 bits per heavy atom. The average Bonchev–Trinajstić information content (AvgIpc) is 2.98. The zero-order valence-corrected chi connectivity index (χ0v) is 10.4. The predicted octanol–water partition coefficient (Wildman–Crippen LogP) is 2.75. The third-order valence-electron chi connectivity index (χ3n) is 2.54. The highest BCUT2D eigenvalue weighted by Crippen LogP contribution is 2.30. The lowest BCUT2D eigenvalue weighted by atomic mass is 10.1. The Morgan fingerprint density at radius 1 is 1.28 bits per heavy atom. The Labute approximate surface area is 107 Å². The number of nitrogen functional groups attached to an aromatic ring is 1. The van der Waals surface area contributed by atoms with Gasteiger partial charge in [0, 0.05) is 18.0 Å². The smallest absolute Gasteiger partial charge is 0.268 e. The molecule has 0 unspecified atom stereocenters. The van der Waals surface area contributed by atoms with E-state index in [1.807, 2.05) is 25.1 Å². The minimum Gasteiger partial charge on any atom is -0.391 e. The summed E-state index contributed by atoms with van der Waals surface area (Å²) in [5.41, 5.74) is 7.61. The third kappa shape index (κ3) is 1.86. The van der Waals surface area contributed by atoms with E-state index in [1.54, 1.807) is 12.4 Å². The van der Waals surface area contributed by atoms with Crippen LogP contribution in [0, 0.1) is 6.92 Å². The van der Waals surface area contributed by atoms with Crippen LogP contribution in [0.4, 0.5) is 5.00 Å². The van der Waals surface area contributed by atoms with E-state index in [9.17, 15) is 0 Å². The molecule has 3 aromatic rings. The molecule has 0 fully saturated rings. The van der Waals surface area contributed by atoms with Gasteiger partial charge in [-0.25, -0.2) is 0 Å². The van der Waals surface area contributed by atoms with Crippen molar-refractivity contribution in [3.63, 3.8) is 0 Å². The van der Waals surface area contributed by atoms with E-state index in [2.05, 4.69) is 15.1 Å². The van der Waals surface area contributed by atoms with Crippen LogP contribution in [0.15, 0.2) is 35.1 Å². The number of pyridine rings is 1. The summed E-state index contributed by atoms with van der Waals surface area (Å²) in [5.74, 6) is 1.03. The fourth-order valence-electron chi connectivity index (χ4n) is 1.60. The van der Waals surface area contributed by atoms with Crippen LogP contribution in [0.3, 0.4) is 0 Å². The van der Waals surface area contributed by atoms with E-state index in [-0.39, 0.29) is 0 Å². The molecule has 0 atom stereocenters. The molecular formula is C12H10N4OS. The van der Waals surface area contributed by atoms with Crippen molar-refractivity contribution in [2.45, 2.75) is 6.92 Å². The molecule has 0 aliphatic rings. The summed E-state index contributed by atoms with van der Waals surface area (Å²) >= 11 is 1.42. The first kappa shape index (κ1) is 10.9. The van der Waals surface area contributed by atoms with Crippen molar-refractivity contribution in [1.29, 1.82) is 0 Å². The molecule has 18 heavy (non-hydrogen) atoms. The van der Waals surface area contributed by atoms with Gasteiger partial charge in [-0.15, -0.1) is 11.3 Å². The van der Waals surface area contributed by atoms with Gasteiger partial charge in [-0.3, -0.25) is 4.98 Å². The fraction of sp³-hybridized carbons (Fsp3) is 0.0833. The molecule has 0 spiro atoms. The zero-order chi connectivity index (χ0) is 12.5. The lowest BCUT2D eigenvalue weighted by molar-refractivity contribution is 0.433. The number of anilines is 1. The van der Waals surface area contributed by atoms with Crippen molar-refractivity contribution >= 4 is 16.3 Å². The SMILES string of the molecule is Cc1ccncc1-c1noc(-c2ccc(N)s2)n1. The monoisotopic (exact) mass is 258 g/mol. The summed E-state index contributed by atoms with van der Waals surface area (Å²) in [4.78, 5) is 9.30. The van der Waals surface area contributed by atoms with Crippen molar-refractivity contribution in [2.75, 3.05) is 5.73 Å². The molecule has 0 radical (unpaired) electrons. The highest BCUT2D eigenvalue weighted by atomic mass is 32.1. The molecule has 3 rings (SSSR count). The van der Waals surface area contributed by atoms with Crippen LogP contribution in [-0.2, 0) is 0 Å². The van der Waals surface area contributed by atoms with Crippen LogP contribution in [0.5, 0.6) is 0 Å². The van der Waals surface area contributed by atoms with Gasteiger partial charge in [-0.1, -0.05) is 5.16 Å². The van der Waals surface area contributed by atoms with Crippen molar-refractivity contribution in [3.05, 3.63) is 36.2 Å². The van der Waals surface area contributed by atoms with Crippen molar-refractivity contribution in [3.8, 4) is 22.2 Å². The first-order chi connectivity index (χ1) is 8.74. The van der Waals surface area contributed by atoms with Crippen LogP contribution in [0.1, 0.15) is 5.56 Å². The molecule has 2 N–H and O–H groups in total. The molecule has 5 nitrogen and oxygen atoms in total. The molecule has 0 saturated heterocycles. The van der Waals surface area contributed by atoms with Gasteiger partial charge < -0.3 is 10.3 Å². The number of aromatic nitrogens is 3. The summed E-state index contributed by atoms with van der Waals surface area (Å²) in [6.07, 6.45) is 3.46. The topological polar surface area (TPSA) is 77.8 Å². The lowest BCUT2D eigenvalue weighted by Gasteiger charge is -1.96. The Kier molecular flexibility index (Phi) is 2.56. The second-order valence-electron chi connectivity index (χ2n) is 3.82. The first-order valence-corrected chi connectivity index (χ1v) is 6.16. The fourth-order valence-corrected chi connectivity index (χ4v) is 2.30. The molecule has 0 aliphatic carbocycles. The standard InChI is InChI=1S/C12H10N4OS/c1-7-4-5-14-6-8(7)11-15-12(17-16-11)9-2-3-10(13)18-9/h2-6H,13H2,1H3. The molecule has 0 aromatic carbocycles. The number of nitrogens with two attached hydrogens (primary N) is 1. The predicted molar refractivity (Wildman–Crippen MR) is 70.0 cm³/mol. The number of rotatable bonds is 2. The summed E-state index contributed by atoms with van der Waals surface area (Å²) in [6.45, 7) is 1.98. The Bertz CT molecular complexity index is 689. The van der Waals surface area contributed by atoms with Gasteiger partial charge in [0.25, 0.3) is 5.89 Å². The molecule has 90 valence electrons. The maximum atomic E-state index is 5.68. The van der Waals surface area contributed by atoms with Gasteiger partial charge in [0.2, 0.25) is 5.82 Å². The number of thiophene rings is 1. The van der Waals surface area contributed by atoms with Gasteiger partial charge in [-0.2, -0.15) is 4.98 Å². The van der Waals surface area contributed by atoms with E-state index in [1.165, 1.54) is 11.3 Å². The van der Waals surface area contributed by atoms with Crippen LogP contribution in [-0.4, -0.2) is 15.1 Å². The van der Waals surface area contributed by atoms with Gasteiger partial charge in [0.05, 0.1) is 9.88 Å². The number of hydrogen-bond donors (Lipinski definition) is 1. The summed E-state index contributed by atoms with van der Waals surface area (Å²) in [6, 6.07) is 5.60. The van der Waals surface area contributed by atoms with Gasteiger partial charge in [-0.05, 0) is 30.7 Å². The molecule has 0 saturated carbocycles. The molecule has 0 aliphatic heterocycles. The number of hydrogen-bond acceptors (Lipinski definition) is 6. The van der Waals surface area contributed by atoms with Gasteiger partial charge in [0.15, 0.2) is 0 Å². The third-order valence-corrected chi connectivity index (χ3v) is 3.45. The maximum Gasteiger partial charge on any atom is 0.268 e. The van der Waals surface area contributed by atoms with Crippen LogP contribution < -0.4 is 5.73 Å². The van der Waals surface area contributed by atoms with E-state index in [4.69, 9.17) is 10.3 Å². The maximum absolute atomic E-state index is 5.68. The van der Waals surface area contributed by atoms with Crippen LogP contribution >= 0.6 is 11.3 Å². The largest absolute Gasteiger partial charge is 0.391 e. The summed E-state index contributed by atoms with van der Waals surface area (Å²) in [5, 5.41) is 4.70. The minimum absolute atomic E-state index is 0.481. The van der Waals surface area contributed by atoms with Crippen molar-refractivity contribution in [2.24, 2.45) is 0 Å². The van der Waals surface area contributed by atoms with Crippen LogP contribution in [0.2, 0.25) is 0 Å². The van der Waals surface area contributed by atoms with E-state index in [0.717, 1.165) is 21.0 Å². The molecular weight excluding hydrogens is 248 g/mol. The number of aryl methyl sites for hydroxylation is 1. The zero-order valence-electron chi connectivity index (χ0n) is 9.62. The minimum atomic E-state index is 0.481. The Hall–Kier alpha value is -2.21. The first-order valence-electron chi connectivity index (χ1n) is 5.34. The highest BCUT2D eigenvalue weighted by Gasteiger charge is 2.13. The molecule has 0 bridgehead atoms. The molecule has 0 amide bonds. The van der Waals surface area contributed by atoms with Crippen molar-refractivity contribution < 1.29 is 4.52 Å². The van der Waals surface area contributed by atoms with Gasteiger partial charge in [0.1, 0.15) is 0 Å². The molecule has 3 heterocycles. The second kappa shape index (κ2) is 4.23. The van der Waals surface area contributed by atoms with Gasteiger partial charge >= 0.3 is 0 Å². The summed E-state index contributed by atoms with van der Waals surface area (Å²) < 4.78 is 5.24. The summed E-state index contributed by atoms with van der Waals surface area (Å²) in [7, 11) is 0. The highest BCUT2D eigenvalue weighted by molar-refractivity contribution is 7.19. The Morgan fingerprint density at radius 3 is 2.89 bits per heavy atom. The normalized spacial score (nSPS) is 10.7. The Balaban J connectivity index is 2.02. The molecule has 6 heteroatoms. The second-order valence-corrected chi connectivity index (χ2v) is 4.93. The van der Waals surface area contributed by atoms with E-state index >= 15 is 0 Å². The average molecular weight is 258 g/mol. The quantitative estimate of drug-likeness (QED) is 0.764. The number of nitrogens with zero attached hydrogens (tertiary/aromatic N) is 3. The van der Waals surface area contributed by atoms with Crippen molar-refractivity contribution in [1.82, 2.24) is 15.1 Å². The lowest BCUT2D eigenvalue weighted by Crippen LogP contribution is -1.86. The molecule has 3 aromatic heterocycles. The van der Waals surface area contributed by atoms with E-state index < -0.39 is 0 Å². The van der Waals surface area contributed by atoms with Crippen LogP contribution in [0.25, 0.3) is 22.2 Å².